The third-order valence-electron chi connectivity index (χ3n) is 11.3. The van der Waals surface area contributed by atoms with Crippen molar-refractivity contribution in [2.24, 2.45) is 0 Å². The number of hydrogen-bond acceptors (Lipinski definition) is 24. The highest BCUT2D eigenvalue weighted by molar-refractivity contribution is 6.07. The first-order chi connectivity index (χ1) is 29.3. The number of aliphatic hydroxyl groups excluding tert-OH is 13. The molecule has 350 valence electrons. The van der Waals surface area contributed by atoms with Gasteiger partial charge in [0.05, 0.1) is 44.5 Å². The number of hydrogen-bond donors (Lipinski definition) is 14. The zero-order chi connectivity index (χ0) is 45.5. The van der Waals surface area contributed by atoms with E-state index in [1.54, 1.807) is 19.1 Å². The predicted octanol–water partition coefficient (Wildman–Crippen LogP) is -6.28. The van der Waals surface area contributed by atoms with Gasteiger partial charge in [-0.05, 0) is 30.9 Å². The van der Waals surface area contributed by atoms with Gasteiger partial charge < -0.3 is 114 Å². The van der Waals surface area contributed by atoms with Crippen LogP contribution in [0.15, 0.2) is 18.2 Å². The van der Waals surface area contributed by atoms with Crippen molar-refractivity contribution in [1.82, 2.24) is 0 Å². The standard InChI is InChI=1S/C38H54O24/c1-11-4-13-5-14(54-3)6-15(21(13)26(46)20(11)12(2)41)57-37-31(51)28(48)23(43)18(60-37)10-56-36-33(53)34(25(45)17(8-40)59-36)62-38-32(52)29(49)24(44)19(61-38)9-55-35-30(50)27(47)22(42)16(7-39)58-35/h4-6,16-19,22-25,27-40,42-53H,7-10H2,1-3H3/t16-,17-,18-,19-,22-,23-,24-,25-,27+,28+,29+,30-,31-,32-,33-,34+,35-,36-,37-,38+/m1/s1. The highest BCUT2D eigenvalue weighted by Gasteiger charge is 2.53. The molecule has 62 heavy (non-hydrogen) atoms. The number of ketones is 1. The molecule has 4 fully saturated rings. The van der Waals surface area contributed by atoms with E-state index in [0.717, 1.165) is 0 Å². The van der Waals surface area contributed by atoms with Gasteiger partial charge in [0.15, 0.2) is 24.7 Å². The summed E-state index contributed by atoms with van der Waals surface area (Å²) in [6.07, 6.45) is -36.0. The van der Waals surface area contributed by atoms with E-state index in [9.17, 15) is 76.3 Å². The molecule has 4 saturated heterocycles. The zero-order valence-corrected chi connectivity index (χ0v) is 33.5. The number of ether oxygens (including phenoxy) is 9. The number of fused-ring (bicyclic) bond motifs is 1. The van der Waals surface area contributed by atoms with Crippen molar-refractivity contribution in [1.29, 1.82) is 0 Å². The van der Waals surface area contributed by atoms with E-state index in [4.69, 9.17) is 42.6 Å². The third-order valence-corrected chi connectivity index (χ3v) is 11.3. The van der Waals surface area contributed by atoms with Crippen molar-refractivity contribution in [3.8, 4) is 17.2 Å². The minimum atomic E-state index is -2.04. The van der Waals surface area contributed by atoms with Gasteiger partial charge in [0.2, 0.25) is 6.29 Å². The van der Waals surface area contributed by atoms with Gasteiger partial charge in [-0.15, -0.1) is 0 Å². The van der Waals surface area contributed by atoms with E-state index in [-0.39, 0.29) is 22.4 Å². The topological polar surface area (TPSA) is 383 Å². The number of aliphatic hydroxyl groups is 13. The second kappa shape index (κ2) is 20.0. The van der Waals surface area contributed by atoms with Gasteiger partial charge in [-0.25, -0.2) is 0 Å². The molecule has 0 amide bonds. The Morgan fingerprint density at radius 3 is 1.60 bits per heavy atom. The monoisotopic (exact) mass is 894 g/mol. The quantitative estimate of drug-likeness (QED) is 0.0784. The maximum atomic E-state index is 12.4. The van der Waals surface area contributed by atoms with Crippen LogP contribution in [0.1, 0.15) is 22.8 Å². The van der Waals surface area contributed by atoms with Crippen molar-refractivity contribution in [2.45, 2.75) is 137 Å². The van der Waals surface area contributed by atoms with Crippen LogP contribution < -0.4 is 9.47 Å². The summed E-state index contributed by atoms with van der Waals surface area (Å²) in [4.78, 5) is 12.4. The van der Waals surface area contributed by atoms with Crippen LogP contribution in [0.25, 0.3) is 10.8 Å². The molecule has 24 nitrogen and oxygen atoms in total. The molecule has 6 rings (SSSR count). The second-order valence-corrected chi connectivity index (χ2v) is 15.5. The Kier molecular flexibility index (Phi) is 15.6. The van der Waals surface area contributed by atoms with Gasteiger partial charge in [-0.3, -0.25) is 4.79 Å². The first-order valence-electron chi connectivity index (χ1n) is 19.6. The van der Waals surface area contributed by atoms with Crippen LogP contribution in [-0.2, 0) is 33.2 Å². The summed E-state index contributed by atoms with van der Waals surface area (Å²) in [6.45, 7) is -0.251. The number of methoxy groups -OCH3 is 1. The molecule has 0 saturated carbocycles. The van der Waals surface area contributed by atoms with Crippen molar-refractivity contribution >= 4 is 16.6 Å². The fourth-order valence-electron chi connectivity index (χ4n) is 7.78. The lowest BCUT2D eigenvalue weighted by Gasteiger charge is -2.46. The maximum Gasteiger partial charge on any atom is 0.229 e. The van der Waals surface area contributed by atoms with Crippen molar-refractivity contribution in [3.63, 3.8) is 0 Å². The maximum absolute atomic E-state index is 12.4. The Balaban J connectivity index is 1.15. The fraction of sp³-hybridized carbons (Fsp3) is 0.711. The number of aryl methyl sites for hydroxylation is 1. The summed E-state index contributed by atoms with van der Waals surface area (Å²) < 4.78 is 50.3. The molecule has 14 N–H and O–H groups in total. The van der Waals surface area contributed by atoms with E-state index < -0.39 is 161 Å². The number of Topliss-reactive ketones (excluding diaryl/α,β-unsaturated/α-hetero) is 1. The minimum absolute atomic E-state index is 0.00187. The number of phenols is 1. The van der Waals surface area contributed by atoms with Crippen LogP contribution in [0.3, 0.4) is 0 Å². The van der Waals surface area contributed by atoms with Crippen LogP contribution >= 0.6 is 0 Å². The van der Waals surface area contributed by atoms with E-state index in [1.165, 1.54) is 20.1 Å². The van der Waals surface area contributed by atoms with Gasteiger partial charge in [-0.1, -0.05) is 6.07 Å². The summed E-state index contributed by atoms with van der Waals surface area (Å²) in [6, 6.07) is 4.49. The molecule has 0 radical (unpaired) electrons. The molecule has 0 spiro atoms. The summed E-state index contributed by atoms with van der Waals surface area (Å²) >= 11 is 0. The highest BCUT2D eigenvalue weighted by atomic mass is 16.8. The zero-order valence-electron chi connectivity index (χ0n) is 33.5. The Bertz CT molecular complexity index is 1830. The Morgan fingerprint density at radius 1 is 0.597 bits per heavy atom. The molecule has 0 unspecified atom stereocenters. The molecule has 2 aromatic rings. The lowest BCUT2D eigenvalue weighted by Crippen LogP contribution is -2.65. The molecule has 4 aliphatic rings. The average molecular weight is 895 g/mol. The van der Waals surface area contributed by atoms with E-state index >= 15 is 0 Å². The lowest BCUT2D eigenvalue weighted by molar-refractivity contribution is -0.369. The van der Waals surface area contributed by atoms with E-state index in [1.807, 2.05) is 0 Å². The van der Waals surface area contributed by atoms with Gasteiger partial charge in [0.25, 0.3) is 0 Å². The molecule has 0 aromatic heterocycles. The molecular weight excluding hydrogens is 840 g/mol. The fourth-order valence-corrected chi connectivity index (χ4v) is 7.78. The normalized spacial score (nSPS) is 41.5. The largest absolute Gasteiger partial charge is 0.506 e. The molecule has 4 heterocycles. The predicted molar refractivity (Wildman–Crippen MR) is 199 cm³/mol. The molecular formula is C38H54O24. The number of aromatic hydroxyl groups is 1. The molecule has 20 atom stereocenters. The summed E-state index contributed by atoms with van der Waals surface area (Å²) in [5.74, 6) is -0.801. The van der Waals surface area contributed by atoms with Crippen molar-refractivity contribution in [3.05, 3.63) is 29.3 Å². The number of benzene rings is 2. The van der Waals surface area contributed by atoms with Crippen molar-refractivity contribution in [2.75, 3.05) is 33.5 Å². The molecule has 2 aromatic carbocycles. The summed E-state index contributed by atoms with van der Waals surface area (Å²) in [7, 11) is 1.36. The Morgan fingerprint density at radius 2 is 1.06 bits per heavy atom. The van der Waals surface area contributed by atoms with E-state index in [2.05, 4.69) is 0 Å². The number of carbonyl (C=O) groups is 1. The van der Waals surface area contributed by atoms with Crippen LogP contribution in [0, 0.1) is 6.92 Å². The first kappa shape index (κ1) is 48.4. The van der Waals surface area contributed by atoms with Gasteiger partial charge in [0, 0.05) is 6.07 Å². The van der Waals surface area contributed by atoms with Gasteiger partial charge in [-0.2, -0.15) is 0 Å². The smallest absolute Gasteiger partial charge is 0.229 e. The SMILES string of the molecule is COc1cc(O[C@@H]2O[C@H](CO[C@@H]3O[C@H](CO)[C@@H](O)[C@H](O[C@@H]4O[C@H](CO[C@@H]5O[C@H](CO)[C@@H](O)[C@H](O)[C@H]5O)[C@@H](O)[C@H](O)[C@H]4O)[C@H]3O)[C@@H](O)[C@H](O)[C@H]2O)c2c(O)c(C(C)=O)c(C)cc2c1. The summed E-state index contributed by atoms with van der Waals surface area (Å²) in [5.41, 5.74) is 0.447. The second-order valence-electron chi connectivity index (χ2n) is 15.5. The minimum Gasteiger partial charge on any atom is -0.506 e. The van der Waals surface area contributed by atoms with Crippen LogP contribution in [-0.4, -0.2) is 234 Å². The number of phenolic OH excluding ortho intramolecular Hbond substituents is 1. The summed E-state index contributed by atoms with van der Waals surface area (Å²) in [5, 5.41) is 149. The van der Waals surface area contributed by atoms with Crippen LogP contribution in [0.5, 0.6) is 17.2 Å². The van der Waals surface area contributed by atoms with E-state index in [0.29, 0.717) is 10.9 Å². The van der Waals surface area contributed by atoms with Gasteiger partial charge >= 0.3 is 0 Å². The van der Waals surface area contributed by atoms with Crippen molar-refractivity contribution < 1.29 is 119 Å². The Labute approximate surface area is 352 Å². The number of carbonyl (C=O) groups excluding carboxylic acids is 1. The van der Waals surface area contributed by atoms with Gasteiger partial charge in [0.1, 0.15) is 115 Å². The molecule has 4 aliphatic heterocycles. The molecule has 0 aliphatic carbocycles. The number of rotatable bonds is 14. The third kappa shape index (κ3) is 9.51. The van der Waals surface area contributed by atoms with Crippen LogP contribution in [0.2, 0.25) is 0 Å². The van der Waals surface area contributed by atoms with Crippen LogP contribution in [0.4, 0.5) is 0 Å². The first-order valence-corrected chi connectivity index (χ1v) is 19.6. The molecule has 0 bridgehead atoms. The average Bonchev–Trinajstić information content (AvgIpc) is 3.24. The highest BCUT2D eigenvalue weighted by Crippen LogP contribution is 2.42. The lowest BCUT2D eigenvalue weighted by atomic mass is 9.96. The Hall–Kier alpha value is -3.03. The molecule has 24 heteroatoms.